The Balaban J connectivity index is 2.13. The average Bonchev–Trinajstić information content (AvgIpc) is 2.81. The van der Waals surface area contributed by atoms with Gasteiger partial charge >= 0.3 is 0 Å². The molecule has 7 nitrogen and oxygen atoms in total. The van der Waals surface area contributed by atoms with Gasteiger partial charge in [-0.3, -0.25) is 14.8 Å². The van der Waals surface area contributed by atoms with Crippen molar-refractivity contribution in [3.63, 3.8) is 0 Å². The number of hydrogen-bond acceptors (Lipinski definition) is 5. The molecule has 0 aliphatic heterocycles. The molecule has 0 spiro atoms. The van der Waals surface area contributed by atoms with Crippen molar-refractivity contribution in [2.75, 3.05) is 0 Å². The van der Waals surface area contributed by atoms with E-state index in [4.69, 9.17) is 4.74 Å². The Labute approximate surface area is 109 Å². The number of aryl methyl sites for hydroxylation is 1. The van der Waals surface area contributed by atoms with Crippen LogP contribution in [-0.4, -0.2) is 19.8 Å². The van der Waals surface area contributed by atoms with Crippen molar-refractivity contribution in [2.24, 2.45) is 7.05 Å². The number of aliphatic hydroxyl groups is 1. The van der Waals surface area contributed by atoms with E-state index >= 15 is 0 Å². The van der Waals surface area contributed by atoms with Gasteiger partial charge in [-0.25, -0.2) is 0 Å². The monoisotopic (exact) mass is 263 g/mol. The molecule has 0 aliphatic carbocycles. The van der Waals surface area contributed by atoms with Crippen LogP contribution in [-0.2, 0) is 20.3 Å². The highest BCUT2D eigenvalue weighted by Crippen LogP contribution is 2.24. The van der Waals surface area contributed by atoms with Crippen LogP contribution in [0.15, 0.2) is 30.5 Å². The molecule has 0 bridgehead atoms. The zero-order valence-electron chi connectivity index (χ0n) is 10.3. The highest BCUT2D eigenvalue weighted by molar-refractivity contribution is 5.43. The number of rotatable bonds is 5. The summed E-state index contributed by atoms with van der Waals surface area (Å²) < 4.78 is 7.16. The normalized spacial score (nSPS) is 10.4. The van der Waals surface area contributed by atoms with Gasteiger partial charge in [0.25, 0.3) is 5.69 Å². The lowest BCUT2D eigenvalue weighted by molar-refractivity contribution is -0.385. The zero-order valence-corrected chi connectivity index (χ0v) is 10.3. The number of aliphatic hydroxyl groups excluding tert-OH is 1. The van der Waals surface area contributed by atoms with Crippen LogP contribution in [0, 0.1) is 10.1 Å². The highest BCUT2D eigenvalue weighted by Gasteiger charge is 2.11. The van der Waals surface area contributed by atoms with Crippen LogP contribution in [0.1, 0.15) is 11.3 Å². The third-order valence-electron chi connectivity index (χ3n) is 2.57. The molecule has 100 valence electrons. The van der Waals surface area contributed by atoms with Crippen molar-refractivity contribution in [1.82, 2.24) is 9.78 Å². The van der Waals surface area contributed by atoms with E-state index in [1.807, 2.05) is 6.07 Å². The Hall–Kier alpha value is -2.41. The van der Waals surface area contributed by atoms with Crippen LogP contribution < -0.4 is 4.74 Å². The molecular formula is C12H13N3O4. The average molecular weight is 263 g/mol. The quantitative estimate of drug-likeness (QED) is 0.650. The zero-order chi connectivity index (χ0) is 13.8. The summed E-state index contributed by atoms with van der Waals surface area (Å²) in [6.07, 6.45) is 1.79. The predicted octanol–water partition coefficient (Wildman–Crippen LogP) is 1.40. The molecule has 7 heteroatoms. The van der Waals surface area contributed by atoms with Gasteiger partial charge in [-0.15, -0.1) is 0 Å². The van der Waals surface area contributed by atoms with Crippen LogP contribution in [0.2, 0.25) is 0 Å². The van der Waals surface area contributed by atoms with E-state index in [2.05, 4.69) is 5.10 Å². The number of benzene rings is 1. The smallest absolute Gasteiger partial charge is 0.270 e. The number of nitrogens with zero attached hydrogens (tertiary/aromatic N) is 3. The van der Waals surface area contributed by atoms with E-state index < -0.39 is 4.92 Å². The van der Waals surface area contributed by atoms with Crippen LogP contribution in [0.4, 0.5) is 5.69 Å². The van der Waals surface area contributed by atoms with Gasteiger partial charge in [0.15, 0.2) is 0 Å². The lowest BCUT2D eigenvalue weighted by Gasteiger charge is -2.08. The lowest BCUT2D eigenvalue weighted by Crippen LogP contribution is -2.01. The largest absolute Gasteiger partial charge is 0.487 e. The minimum atomic E-state index is -0.512. The number of non-ortho nitro benzene ring substituents is 1. The Morgan fingerprint density at radius 3 is 2.84 bits per heavy atom. The van der Waals surface area contributed by atoms with Gasteiger partial charge in [0.2, 0.25) is 0 Å². The number of aromatic nitrogens is 2. The van der Waals surface area contributed by atoms with Gasteiger partial charge in [0, 0.05) is 30.9 Å². The van der Waals surface area contributed by atoms with E-state index in [0.717, 1.165) is 5.69 Å². The van der Waals surface area contributed by atoms with Gasteiger partial charge in [-0.2, -0.15) is 5.10 Å². The van der Waals surface area contributed by atoms with E-state index in [0.29, 0.717) is 11.3 Å². The molecule has 0 saturated heterocycles. The molecule has 2 rings (SSSR count). The second kappa shape index (κ2) is 5.49. The minimum Gasteiger partial charge on any atom is -0.487 e. The third-order valence-corrected chi connectivity index (χ3v) is 2.57. The van der Waals surface area contributed by atoms with E-state index in [9.17, 15) is 15.2 Å². The number of ether oxygens (including phenoxy) is 1. The summed E-state index contributed by atoms with van der Waals surface area (Å²) in [5, 5.41) is 24.0. The molecule has 0 unspecified atom stereocenters. The van der Waals surface area contributed by atoms with E-state index in [-0.39, 0.29) is 18.9 Å². The second-order valence-corrected chi connectivity index (χ2v) is 3.98. The highest BCUT2D eigenvalue weighted by atomic mass is 16.6. The van der Waals surface area contributed by atoms with E-state index in [1.54, 1.807) is 17.9 Å². The Bertz CT molecular complexity index is 594. The first-order chi connectivity index (χ1) is 9.10. The van der Waals surface area contributed by atoms with Gasteiger partial charge in [0.1, 0.15) is 12.4 Å². The standard InChI is InChI=1S/C12H13N3O4/c1-14-5-4-10(13-14)8-19-12-3-2-11(15(17)18)6-9(12)7-16/h2-6,16H,7-8H2,1H3. The Kier molecular flexibility index (Phi) is 3.76. The molecule has 1 heterocycles. The van der Waals surface area contributed by atoms with Crippen molar-refractivity contribution < 1.29 is 14.8 Å². The molecule has 0 amide bonds. The molecule has 1 aromatic heterocycles. The van der Waals surface area contributed by atoms with Crippen molar-refractivity contribution in [1.29, 1.82) is 0 Å². The predicted molar refractivity (Wildman–Crippen MR) is 66.6 cm³/mol. The van der Waals surface area contributed by atoms with Crippen LogP contribution in [0.5, 0.6) is 5.75 Å². The van der Waals surface area contributed by atoms with Crippen molar-refractivity contribution in [3.8, 4) is 5.75 Å². The van der Waals surface area contributed by atoms with Gasteiger partial charge in [0.05, 0.1) is 17.2 Å². The molecule has 1 N–H and O–H groups in total. The van der Waals surface area contributed by atoms with Crippen LogP contribution in [0.3, 0.4) is 0 Å². The molecule has 0 radical (unpaired) electrons. The summed E-state index contributed by atoms with van der Waals surface area (Å²) in [6.45, 7) is -0.0785. The maximum absolute atomic E-state index is 10.6. The number of nitro groups is 1. The summed E-state index contributed by atoms with van der Waals surface area (Å²) in [7, 11) is 1.80. The number of nitro benzene ring substituents is 1. The van der Waals surface area contributed by atoms with Crippen LogP contribution >= 0.6 is 0 Å². The molecule has 0 atom stereocenters. The maximum atomic E-state index is 10.6. The van der Waals surface area contributed by atoms with Crippen molar-refractivity contribution in [3.05, 3.63) is 51.8 Å². The van der Waals surface area contributed by atoms with Gasteiger partial charge < -0.3 is 9.84 Å². The Morgan fingerprint density at radius 1 is 1.47 bits per heavy atom. The molecule has 1 aromatic carbocycles. The fourth-order valence-corrected chi connectivity index (χ4v) is 1.64. The van der Waals surface area contributed by atoms with Crippen molar-refractivity contribution in [2.45, 2.75) is 13.2 Å². The molecule has 0 aliphatic rings. The Morgan fingerprint density at radius 2 is 2.26 bits per heavy atom. The SMILES string of the molecule is Cn1ccc(COc2ccc([N+](=O)[O-])cc2CO)n1. The van der Waals surface area contributed by atoms with Crippen LogP contribution in [0.25, 0.3) is 0 Å². The second-order valence-electron chi connectivity index (χ2n) is 3.98. The van der Waals surface area contributed by atoms with E-state index in [1.165, 1.54) is 18.2 Å². The molecule has 0 fully saturated rings. The summed E-state index contributed by atoms with van der Waals surface area (Å²) in [5.74, 6) is 0.416. The topological polar surface area (TPSA) is 90.4 Å². The molecule has 19 heavy (non-hydrogen) atoms. The van der Waals surface area contributed by atoms with Gasteiger partial charge in [-0.1, -0.05) is 0 Å². The molecular weight excluding hydrogens is 250 g/mol. The minimum absolute atomic E-state index is 0.0748. The van der Waals surface area contributed by atoms with Crippen molar-refractivity contribution >= 4 is 5.69 Å². The first-order valence-electron chi connectivity index (χ1n) is 5.59. The first kappa shape index (κ1) is 13.0. The molecule has 2 aromatic rings. The third kappa shape index (κ3) is 3.08. The van der Waals surface area contributed by atoms with Gasteiger partial charge in [-0.05, 0) is 12.1 Å². The summed E-state index contributed by atoms with van der Waals surface area (Å²) >= 11 is 0. The first-order valence-corrected chi connectivity index (χ1v) is 5.59. The fourth-order valence-electron chi connectivity index (χ4n) is 1.64. The molecule has 0 saturated carbocycles. The summed E-state index contributed by atoms with van der Waals surface area (Å²) in [6, 6.07) is 5.93. The lowest BCUT2D eigenvalue weighted by atomic mass is 10.2. The summed E-state index contributed by atoms with van der Waals surface area (Å²) in [4.78, 5) is 10.1. The number of hydrogen-bond donors (Lipinski definition) is 1. The summed E-state index contributed by atoms with van der Waals surface area (Å²) in [5.41, 5.74) is 1.05. The maximum Gasteiger partial charge on any atom is 0.270 e. The fraction of sp³-hybridized carbons (Fsp3) is 0.250.